The fraction of sp³-hybridized carbons (Fsp3) is 0.667. The molecule has 0 aliphatic heterocycles. The van der Waals surface area contributed by atoms with E-state index in [1.807, 2.05) is 13.8 Å². The van der Waals surface area contributed by atoms with E-state index in [0.29, 0.717) is 13.2 Å². The second kappa shape index (κ2) is 7.50. The third-order valence-corrected chi connectivity index (χ3v) is 2.58. The minimum atomic E-state index is -0.384. The van der Waals surface area contributed by atoms with Crippen LogP contribution in [-0.4, -0.2) is 51.0 Å². The van der Waals surface area contributed by atoms with Crippen molar-refractivity contribution < 1.29 is 14.3 Å². The minimum absolute atomic E-state index is 0.0122. The number of rotatable bonds is 7. The van der Waals surface area contributed by atoms with Gasteiger partial charge in [0.15, 0.2) is 0 Å². The third kappa shape index (κ3) is 5.07. The summed E-state index contributed by atoms with van der Waals surface area (Å²) in [6.07, 6.45) is 3.53. The van der Waals surface area contributed by atoms with Gasteiger partial charge in [0.1, 0.15) is 6.54 Å². The number of ether oxygens (including phenoxy) is 1. The monoisotopic (exact) mass is 268 g/mol. The van der Waals surface area contributed by atoms with Crippen molar-refractivity contribution in [3.05, 3.63) is 12.4 Å². The van der Waals surface area contributed by atoms with Gasteiger partial charge in [-0.1, -0.05) is 5.21 Å². The van der Waals surface area contributed by atoms with Crippen molar-refractivity contribution in [2.24, 2.45) is 0 Å². The van der Waals surface area contributed by atoms with E-state index in [-0.39, 0.29) is 30.9 Å². The van der Waals surface area contributed by atoms with E-state index >= 15 is 0 Å². The molecule has 0 aromatic carbocycles. The molecule has 1 aromatic rings. The van der Waals surface area contributed by atoms with Gasteiger partial charge in [0, 0.05) is 18.7 Å². The average molecular weight is 268 g/mol. The zero-order chi connectivity index (χ0) is 14.3. The molecule has 106 valence electrons. The quantitative estimate of drug-likeness (QED) is 0.672. The molecule has 0 N–H and O–H groups in total. The summed E-state index contributed by atoms with van der Waals surface area (Å²) in [4.78, 5) is 25.0. The fourth-order valence-corrected chi connectivity index (χ4v) is 1.61. The van der Waals surface area contributed by atoms with Gasteiger partial charge in [0.25, 0.3) is 0 Å². The Hall–Kier alpha value is -1.92. The summed E-state index contributed by atoms with van der Waals surface area (Å²) in [6, 6.07) is -0.0485. The Morgan fingerprint density at radius 2 is 2.16 bits per heavy atom. The minimum Gasteiger partial charge on any atom is -0.465 e. The Bertz CT molecular complexity index is 403. The number of carbonyl (C=O) groups is 2. The van der Waals surface area contributed by atoms with Crippen molar-refractivity contribution in [3.63, 3.8) is 0 Å². The number of hydrogen-bond donors (Lipinski definition) is 0. The molecule has 0 atom stereocenters. The van der Waals surface area contributed by atoms with Gasteiger partial charge in [-0.3, -0.25) is 14.3 Å². The summed E-state index contributed by atoms with van der Waals surface area (Å²) < 4.78 is 6.45. The lowest BCUT2D eigenvalue weighted by Gasteiger charge is -2.25. The van der Waals surface area contributed by atoms with Crippen LogP contribution >= 0.6 is 0 Å². The van der Waals surface area contributed by atoms with Gasteiger partial charge < -0.3 is 9.64 Å². The zero-order valence-electron chi connectivity index (χ0n) is 11.6. The number of esters is 1. The number of hydrogen-bond acceptors (Lipinski definition) is 5. The molecule has 7 nitrogen and oxygen atoms in total. The van der Waals surface area contributed by atoms with Crippen LogP contribution in [0.3, 0.4) is 0 Å². The standard InChI is InChI=1S/C12H20N4O3/c1-4-19-12(18)9-16(10(2)3)11(17)5-7-15-8-6-13-14-15/h6,8,10H,4-5,7,9H2,1-3H3. The SMILES string of the molecule is CCOC(=O)CN(C(=O)CCn1ccnn1)C(C)C. The molecule has 0 fully saturated rings. The van der Waals surface area contributed by atoms with Crippen molar-refractivity contribution in [2.45, 2.75) is 39.8 Å². The van der Waals surface area contributed by atoms with Crippen LogP contribution in [0, 0.1) is 0 Å². The molecule has 0 bridgehead atoms. The van der Waals surface area contributed by atoms with Crippen molar-refractivity contribution in [3.8, 4) is 0 Å². The Morgan fingerprint density at radius 1 is 1.42 bits per heavy atom. The lowest BCUT2D eigenvalue weighted by atomic mass is 10.2. The van der Waals surface area contributed by atoms with Gasteiger partial charge in [0.05, 0.1) is 19.3 Å². The Morgan fingerprint density at radius 3 is 2.68 bits per heavy atom. The Labute approximate surface area is 112 Å². The number of carbonyl (C=O) groups excluding carboxylic acids is 2. The molecule has 1 aromatic heterocycles. The lowest BCUT2D eigenvalue weighted by Crippen LogP contribution is -2.41. The van der Waals surface area contributed by atoms with E-state index in [9.17, 15) is 9.59 Å². The largest absolute Gasteiger partial charge is 0.465 e. The maximum Gasteiger partial charge on any atom is 0.325 e. The Balaban J connectivity index is 2.50. The molecule has 0 saturated heterocycles. The first kappa shape index (κ1) is 15.1. The second-order valence-electron chi connectivity index (χ2n) is 4.34. The zero-order valence-corrected chi connectivity index (χ0v) is 11.6. The topological polar surface area (TPSA) is 77.3 Å². The third-order valence-electron chi connectivity index (χ3n) is 2.58. The van der Waals surface area contributed by atoms with Crippen LogP contribution in [0.2, 0.25) is 0 Å². The summed E-state index contributed by atoms with van der Waals surface area (Å²) in [7, 11) is 0. The predicted octanol–water partition coefficient (Wildman–Crippen LogP) is 0.468. The molecule has 1 amide bonds. The van der Waals surface area contributed by atoms with Crippen LogP contribution in [0.5, 0.6) is 0 Å². The molecule has 1 rings (SSSR count). The van der Waals surface area contributed by atoms with E-state index in [0.717, 1.165) is 0 Å². The maximum absolute atomic E-state index is 12.1. The van der Waals surface area contributed by atoms with Gasteiger partial charge in [0.2, 0.25) is 5.91 Å². The van der Waals surface area contributed by atoms with Crippen molar-refractivity contribution in [1.82, 2.24) is 19.9 Å². The molecule has 0 unspecified atom stereocenters. The molecular formula is C12H20N4O3. The van der Waals surface area contributed by atoms with Gasteiger partial charge in [-0.15, -0.1) is 5.10 Å². The summed E-state index contributed by atoms with van der Waals surface area (Å²) in [5.41, 5.74) is 0. The first-order valence-corrected chi connectivity index (χ1v) is 6.33. The van der Waals surface area contributed by atoms with E-state index in [2.05, 4.69) is 10.3 Å². The van der Waals surface area contributed by atoms with Gasteiger partial charge in [-0.2, -0.15) is 0 Å². The molecule has 7 heteroatoms. The van der Waals surface area contributed by atoms with Crippen molar-refractivity contribution >= 4 is 11.9 Å². The summed E-state index contributed by atoms with van der Waals surface area (Å²) in [6.45, 7) is 6.23. The fourth-order valence-electron chi connectivity index (χ4n) is 1.61. The molecule has 1 heterocycles. The Kier molecular flexibility index (Phi) is 5.98. The molecular weight excluding hydrogens is 248 g/mol. The van der Waals surface area contributed by atoms with Gasteiger partial charge in [-0.25, -0.2) is 0 Å². The van der Waals surface area contributed by atoms with Crippen LogP contribution in [0.4, 0.5) is 0 Å². The number of amides is 1. The first-order valence-electron chi connectivity index (χ1n) is 6.33. The molecule has 0 saturated carbocycles. The van der Waals surface area contributed by atoms with E-state index in [1.165, 1.54) is 4.90 Å². The molecule has 0 radical (unpaired) electrons. The molecule has 0 spiro atoms. The highest BCUT2D eigenvalue weighted by molar-refractivity contribution is 5.82. The van der Waals surface area contributed by atoms with E-state index in [4.69, 9.17) is 4.74 Å². The van der Waals surface area contributed by atoms with Crippen molar-refractivity contribution in [1.29, 1.82) is 0 Å². The van der Waals surface area contributed by atoms with Crippen LogP contribution in [0.1, 0.15) is 27.2 Å². The van der Waals surface area contributed by atoms with Crippen LogP contribution in [-0.2, 0) is 20.9 Å². The molecule has 19 heavy (non-hydrogen) atoms. The summed E-state index contributed by atoms with van der Waals surface area (Å²) >= 11 is 0. The van der Waals surface area contributed by atoms with E-state index in [1.54, 1.807) is 24.0 Å². The summed E-state index contributed by atoms with van der Waals surface area (Å²) in [5.74, 6) is -0.483. The highest BCUT2D eigenvalue weighted by atomic mass is 16.5. The number of aryl methyl sites for hydroxylation is 1. The number of nitrogens with zero attached hydrogens (tertiary/aromatic N) is 4. The molecule has 0 aliphatic carbocycles. The normalized spacial score (nSPS) is 10.5. The van der Waals surface area contributed by atoms with Crippen LogP contribution in [0.25, 0.3) is 0 Å². The lowest BCUT2D eigenvalue weighted by molar-refractivity contribution is -0.150. The van der Waals surface area contributed by atoms with Crippen LogP contribution in [0.15, 0.2) is 12.4 Å². The highest BCUT2D eigenvalue weighted by Crippen LogP contribution is 2.03. The van der Waals surface area contributed by atoms with E-state index < -0.39 is 0 Å². The van der Waals surface area contributed by atoms with Crippen LogP contribution < -0.4 is 0 Å². The van der Waals surface area contributed by atoms with Crippen molar-refractivity contribution in [2.75, 3.05) is 13.2 Å². The highest BCUT2D eigenvalue weighted by Gasteiger charge is 2.20. The number of aromatic nitrogens is 3. The average Bonchev–Trinajstić information content (AvgIpc) is 2.86. The smallest absolute Gasteiger partial charge is 0.325 e. The first-order chi connectivity index (χ1) is 9.04. The summed E-state index contributed by atoms with van der Waals surface area (Å²) in [5, 5.41) is 7.45. The predicted molar refractivity (Wildman–Crippen MR) is 68.1 cm³/mol. The second-order valence-corrected chi connectivity index (χ2v) is 4.34. The maximum atomic E-state index is 12.1. The molecule has 0 aliphatic rings. The van der Waals surface area contributed by atoms with Gasteiger partial charge in [-0.05, 0) is 20.8 Å². The van der Waals surface area contributed by atoms with Gasteiger partial charge >= 0.3 is 5.97 Å².